The molecule has 0 aromatic rings. The number of likely N-dealkylation sites (N-methyl/N-ethyl adjacent to an activating group) is 1. The quantitative estimate of drug-likeness (QED) is 0.578. The summed E-state index contributed by atoms with van der Waals surface area (Å²) in [6.07, 6.45) is 0.576. The maximum absolute atomic E-state index is 12.4. The van der Waals surface area contributed by atoms with Crippen molar-refractivity contribution in [3.8, 4) is 0 Å². The molecule has 2 saturated heterocycles. The Morgan fingerprint density at radius 2 is 2.16 bits per heavy atom. The van der Waals surface area contributed by atoms with Gasteiger partial charge in [0.1, 0.15) is 12.1 Å². The van der Waals surface area contributed by atoms with E-state index in [1.807, 2.05) is 19.0 Å². The molecule has 0 aromatic heterocycles. The van der Waals surface area contributed by atoms with Crippen molar-refractivity contribution in [2.75, 3.05) is 47.0 Å². The van der Waals surface area contributed by atoms with E-state index < -0.39 is 17.5 Å². The molecule has 0 radical (unpaired) electrons. The number of nitrogens with one attached hydrogen (secondary N) is 2. The van der Waals surface area contributed by atoms with Gasteiger partial charge in [0, 0.05) is 13.2 Å². The zero-order chi connectivity index (χ0) is 18.6. The monoisotopic (exact) mass is 356 g/mol. The number of nitrogens with zero attached hydrogens (tertiary/aromatic N) is 2. The fraction of sp³-hybridized carbons (Fsp3) is 0.812. The van der Waals surface area contributed by atoms with Crippen LogP contribution in [0.4, 0.5) is 4.79 Å². The SMILES string of the molecule is CN(C)CCO[C@@H]1CCOC[C@@H]1NC(=O)CN1C(=O)NC(=O)C1(C)C. The average Bonchev–Trinajstić information content (AvgIpc) is 2.71. The summed E-state index contributed by atoms with van der Waals surface area (Å²) in [6, 6.07) is -0.822. The van der Waals surface area contributed by atoms with Gasteiger partial charge >= 0.3 is 6.03 Å². The summed E-state index contributed by atoms with van der Waals surface area (Å²) in [4.78, 5) is 39.3. The fourth-order valence-electron chi connectivity index (χ4n) is 2.80. The Kier molecular flexibility index (Phi) is 6.36. The molecule has 0 saturated carbocycles. The molecule has 2 N–H and O–H groups in total. The maximum atomic E-state index is 12.4. The second-order valence-electron chi connectivity index (χ2n) is 7.15. The largest absolute Gasteiger partial charge is 0.379 e. The first-order valence-electron chi connectivity index (χ1n) is 8.48. The minimum Gasteiger partial charge on any atom is -0.379 e. The van der Waals surface area contributed by atoms with Crippen molar-refractivity contribution < 1.29 is 23.9 Å². The van der Waals surface area contributed by atoms with Crippen LogP contribution < -0.4 is 10.6 Å². The predicted octanol–water partition coefficient (Wildman–Crippen LogP) is -0.831. The lowest BCUT2D eigenvalue weighted by Gasteiger charge is -2.33. The van der Waals surface area contributed by atoms with Crippen molar-refractivity contribution in [1.82, 2.24) is 20.4 Å². The summed E-state index contributed by atoms with van der Waals surface area (Å²) in [5, 5.41) is 5.10. The summed E-state index contributed by atoms with van der Waals surface area (Å²) in [7, 11) is 3.94. The standard InChI is InChI=1S/C16H28N4O5/c1-16(2)14(22)18-15(23)20(16)9-13(21)17-11-10-24-7-5-12(11)25-8-6-19(3)4/h11-12H,5-10H2,1-4H3,(H,17,21)(H,18,22,23)/t11-,12+/m0/s1. The Morgan fingerprint density at radius 3 is 2.76 bits per heavy atom. The number of hydrogen-bond donors (Lipinski definition) is 2. The number of carbonyl (C=O) groups excluding carboxylic acids is 3. The second kappa shape index (κ2) is 8.11. The molecule has 2 aliphatic heterocycles. The number of urea groups is 1. The topological polar surface area (TPSA) is 100 Å². The van der Waals surface area contributed by atoms with E-state index in [0.29, 0.717) is 26.2 Å². The highest BCUT2D eigenvalue weighted by molar-refractivity contribution is 6.07. The van der Waals surface area contributed by atoms with Gasteiger partial charge in [0.05, 0.1) is 25.4 Å². The molecule has 9 heteroatoms. The molecule has 0 unspecified atom stereocenters. The van der Waals surface area contributed by atoms with Crippen molar-refractivity contribution in [1.29, 1.82) is 0 Å². The van der Waals surface area contributed by atoms with Gasteiger partial charge in [-0.3, -0.25) is 14.9 Å². The third kappa shape index (κ3) is 4.90. The Bertz CT molecular complexity index is 523. The van der Waals surface area contributed by atoms with Crippen LogP contribution in [0.25, 0.3) is 0 Å². The number of ether oxygens (including phenoxy) is 2. The number of rotatable bonds is 7. The molecule has 4 amide bonds. The Morgan fingerprint density at radius 1 is 1.44 bits per heavy atom. The van der Waals surface area contributed by atoms with Gasteiger partial charge in [-0.05, 0) is 34.4 Å². The van der Waals surface area contributed by atoms with Gasteiger partial charge in [-0.15, -0.1) is 0 Å². The molecule has 0 bridgehead atoms. The summed E-state index contributed by atoms with van der Waals surface area (Å²) >= 11 is 0. The van der Waals surface area contributed by atoms with Crippen LogP contribution in [0, 0.1) is 0 Å². The number of hydrogen-bond acceptors (Lipinski definition) is 6. The van der Waals surface area contributed by atoms with Crippen molar-refractivity contribution in [3.05, 3.63) is 0 Å². The second-order valence-corrected chi connectivity index (χ2v) is 7.15. The summed E-state index contributed by atoms with van der Waals surface area (Å²) in [5.74, 6) is -0.745. The maximum Gasteiger partial charge on any atom is 0.325 e. The van der Waals surface area contributed by atoms with E-state index in [2.05, 4.69) is 10.6 Å². The lowest BCUT2D eigenvalue weighted by atomic mass is 10.0. The lowest BCUT2D eigenvalue weighted by molar-refractivity contribution is -0.129. The normalized spacial score (nSPS) is 26.0. The Hall–Kier alpha value is -1.71. The summed E-state index contributed by atoms with van der Waals surface area (Å²) in [6.45, 7) is 5.35. The van der Waals surface area contributed by atoms with Crippen molar-refractivity contribution >= 4 is 17.8 Å². The van der Waals surface area contributed by atoms with E-state index in [9.17, 15) is 14.4 Å². The first-order valence-corrected chi connectivity index (χ1v) is 8.48. The zero-order valence-corrected chi connectivity index (χ0v) is 15.3. The van der Waals surface area contributed by atoms with Gasteiger partial charge in [0.15, 0.2) is 0 Å². The molecule has 0 aromatic carbocycles. The molecule has 142 valence electrons. The van der Waals surface area contributed by atoms with Crippen molar-refractivity contribution in [2.24, 2.45) is 0 Å². The highest BCUT2D eigenvalue weighted by Gasteiger charge is 2.46. The number of imide groups is 1. The fourth-order valence-corrected chi connectivity index (χ4v) is 2.80. The zero-order valence-electron chi connectivity index (χ0n) is 15.3. The molecule has 0 spiro atoms. The molecular formula is C16H28N4O5. The van der Waals surface area contributed by atoms with Gasteiger partial charge < -0.3 is 24.6 Å². The van der Waals surface area contributed by atoms with E-state index >= 15 is 0 Å². The summed E-state index contributed by atoms with van der Waals surface area (Å²) in [5.41, 5.74) is -1.04. The minimum absolute atomic E-state index is 0.125. The smallest absolute Gasteiger partial charge is 0.325 e. The third-order valence-corrected chi connectivity index (χ3v) is 4.51. The first-order chi connectivity index (χ1) is 11.7. The number of carbonyl (C=O) groups is 3. The van der Waals surface area contributed by atoms with Gasteiger partial charge in [0.25, 0.3) is 5.91 Å². The van der Waals surface area contributed by atoms with Gasteiger partial charge in [-0.25, -0.2) is 4.79 Å². The van der Waals surface area contributed by atoms with Crippen LogP contribution >= 0.6 is 0 Å². The van der Waals surface area contributed by atoms with Crippen molar-refractivity contribution in [2.45, 2.75) is 38.0 Å². The molecule has 2 atom stereocenters. The van der Waals surface area contributed by atoms with Crippen LogP contribution in [-0.4, -0.2) is 92.3 Å². The van der Waals surface area contributed by atoms with E-state index in [0.717, 1.165) is 6.54 Å². The molecule has 0 aliphatic carbocycles. The minimum atomic E-state index is -1.04. The molecule has 9 nitrogen and oxygen atoms in total. The predicted molar refractivity (Wildman–Crippen MR) is 90.0 cm³/mol. The van der Waals surface area contributed by atoms with Crippen LogP contribution in [0.15, 0.2) is 0 Å². The van der Waals surface area contributed by atoms with E-state index in [-0.39, 0.29) is 24.6 Å². The Labute approximate surface area is 148 Å². The van der Waals surface area contributed by atoms with Crippen LogP contribution in [0.2, 0.25) is 0 Å². The first kappa shape index (κ1) is 19.6. The number of amides is 4. The van der Waals surface area contributed by atoms with E-state index in [1.165, 1.54) is 4.90 Å². The van der Waals surface area contributed by atoms with Crippen LogP contribution in [0.3, 0.4) is 0 Å². The average molecular weight is 356 g/mol. The van der Waals surface area contributed by atoms with Crippen molar-refractivity contribution in [3.63, 3.8) is 0 Å². The molecular weight excluding hydrogens is 328 g/mol. The van der Waals surface area contributed by atoms with E-state index in [1.54, 1.807) is 13.8 Å². The molecule has 2 fully saturated rings. The highest BCUT2D eigenvalue weighted by Crippen LogP contribution is 2.20. The van der Waals surface area contributed by atoms with Crippen LogP contribution in [0.1, 0.15) is 20.3 Å². The van der Waals surface area contributed by atoms with E-state index in [4.69, 9.17) is 9.47 Å². The molecule has 2 rings (SSSR count). The van der Waals surface area contributed by atoms with Gasteiger partial charge in [0.2, 0.25) is 5.91 Å². The van der Waals surface area contributed by atoms with Gasteiger partial charge in [-0.2, -0.15) is 0 Å². The third-order valence-electron chi connectivity index (χ3n) is 4.51. The molecule has 25 heavy (non-hydrogen) atoms. The summed E-state index contributed by atoms with van der Waals surface area (Å²) < 4.78 is 11.3. The molecule has 2 aliphatic rings. The van der Waals surface area contributed by atoms with Gasteiger partial charge in [-0.1, -0.05) is 0 Å². The van der Waals surface area contributed by atoms with Crippen LogP contribution in [-0.2, 0) is 19.1 Å². The highest BCUT2D eigenvalue weighted by atomic mass is 16.5. The van der Waals surface area contributed by atoms with Crippen LogP contribution in [0.5, 0.6) is 0 Å². The Balaban J connectivity index is 1.89. The lowest BCUT2D eigenvalue weighted by Crippen LogP contribution is -2.55. The molecule has 2 heterocycles.